The van der Waals surface area contributed by atoms with Crippen molar-refractivity contribution in [3.05, 3.63) is 30.1 Å². The summed E-state index contributed by atoms with van der Waals surface area (Å²) in [6.45, 7) is 5.05. The summed E-state index contributed by atoms with van der Waals surface area (Å²) in [7, 11) is 0. The van der Waals surface area contributed by atoms with Crippen molar-refractivity contribution < 1.29 is 5.11 Å². The zero-order valence-corrected chi connectivity index (χ0v) is 13.0. The number of hydrogen-bond acceptors (Lipinski definition) is 5. The van der Waals surface area contributed by atoms with Gasteiger partial charge in [-0.1, -0.05) is 37.6 Å². The van der Waals surface area contributed by atoms with Gasteiger partial charge < -0.3 is 10.4 Å². The smallest absolute Gasteiger partial charge is 0.185 e. The van der Waals surface area contributed by atoms with E-state index in [1.807, 2.05) is 31.2 Å². The van der Waals surface area contributed by atoms with Crippen LogP contribution < -0.4 is 5.32 Å². The van der Waals surface area contributed by atoms with Crippen LogP contribution in [0.1, 0.15) is 25.6 Å². The standard InChI is InChI=1S/C16H21N5O/c1-3-12(8-9-22)10-17-15-13-6-4-5-7-14(13)16-19-18-11(2)21(16)20-15/h4-7,12,22H,3,8-10H2,1-2H3,(H,17,20)/t12-/m1/s1. The van der Waals surface area contributed by atoms with Gasteiger partial charge in [0.1, 0.15) is 0 Å². The number of aliphatic hydroxyl groups excluding tert-OH is 1. The molecule has 0 aliphatic heterocycles. The lowest BCUT2D eigenvalue weighted by molar-refractivity contribution is 0.258. The first-order chi connectivity index (χ1) is 10.7. The highest BCUT2D eigenvalue weighted by molar-refractivity contribution is 5.99. The Morgan fingerprint density at radius 3 is 2.73 bits per heavy atom. The van der Waals surface area contributed by atoms with Gasteiger partial charge in [0, 0.05) is 23.9 Å². The molecule has 0 radical (unpaired) electrons. The molecular formula is C16H21N5O. The van der Waals surface area contributed by atoms with Crippen molar-refractivity contribution in [2.45, 2.75) is 26.7 Å². The number of aliphatic hydroxyl groups is 1. The number of fused-ring (bicyclic) bond motifs is 3. The molecule has 0 saturated carbocycles. The van der Waals surface area contributed by atoms with Crippen molar-refractivity contribution >= 4 is 22.2 Å². The van der Waals surface area contributed by atoms with E-state index >= 15 is 0 Å². The molecule has 0 spiro atoms. The lowest BCUT2D eigenvalue weighted by atomic mass is 10.0. The maximum atomic E-state index is 9.12. The second-order valence-electron chi connectivity index (χ2n) is 5.54. The highest BCUT2D eigenvalue weighted by atomic mass is 16.3. The van der Waals surface area contributed by atoms with E-state index in [4.69, 9.17) is 5.11 Å². The number of nitrogens with one attached hydrogen (secondary N) is 1. The molecule has 0 unspecified atom stereocenters. The van der Waals surface area contributed by atoms with E-state index in [0.717, 1.165) is 47.4 Å². The Kier molecular flexibility index (Phi) is 4.20. The zero-order valence-electron chi connectivity index (χ0n) is 13.0. The van der Waals surface area contributed by atoms with Gasteiger partial charge in [-0.05, 0) is 19.3 Å². The Balaban J connectivity index is 2.01. The Hall–Kier alpha value is -2.21. The summed E-state index contributed by atoms with van der Waals surface area (Å²) >= 11 is 0. The van der Waals surface area contributed by atoms with Crippen LogP contribution in [-0.2, 0) is 0 Å². The van der Waals surface area contributed by atoms with E-state index in [1.54, 1.807) is 4.52 Å². The number of aryl methyl sites for hydroxylation is 1. The van der Waals surface area contributed by atoms with Gasteiger partial charge in [-0.2, -0.15) is 4.52 Å². The van der Waals surface area contributed by atoms with E-state index in [-0.39, 0.29) is 6.61 Å². The quantitative estimate of drug-likeness (QED) is 0.731. The molecule has 6 heteroatoms. The molecule has 2 aromatic heterocycles. The number of hydrogen-bond donors (Lipinski definition) is 2. The van der Waals surface area contributed by atoms with Gasteiger partial charge in [-0.3, -0.25) is 0 Å². The molecule has 0 aliphatic rings. The molecule has 6 nitrogen and oxygen atoms in total. The minimum absolute atomic E-state index is 0.220. The largest absolute Gasteiger partial charge is 0.396 e. The van der Waals surface area contributed by atoms with Crippen LogP contribution in [0.5, 0.6) is 0 Å². The number of aromatic nitrogens is 4. The van der Waals surface area contributed by atoms with Gasteiger partial charge in [0.2, 0.25) is 0 Å². The van der Waals surface area contributed by atoms with Crippen molar-refractivity contribution in [2.24, 2.45) is 5.92 Å². The fraction of sp³-hybridized carbons (Fsp3) is 0.438. The molecule has 1 atom stereocenters. The number of rotatable bonds is 6. The minimum atomic E-state index is 0.220. The summed E-state index contributed by atoms with van der Waals surface area (Å²) in [6.07, 6.45) is 1.83. The normalized spacial score (nSPS) is 12.9. The number of benzene rings is 1. The van der Waals surface area contributed by atoms with Gasteiger partial charge >= 0.3 is 0 Å². The van der Waals surface area contributed by atoms with E-state index in [1.165, 1.54) is 0 Å². The van der Waals surface area contributed by atoms with Crippen LogP contribution in [0, 0.1) is 12.8 Å². The molecular weight excluding hydrogens is 278 g/mol. The van der Waals surface area contributed by atoms with Crippen LogP contribution >= 0.6 is 0 Å². The third kappa shape index (κ3) is 2.62. The maximum Gasteiger partial charge on any atom is 0.185 e. The van der Waals surface area contributed by atoms with Crippen molar-refractivity contribution in [2.75, 3.05) is 18.5 Å². The average molecular weight is 299 g/mol. The summed E-state index contributed by atoms with van der Waals surface area (Å²) in [4.78, 5) is 0. The Bertz CT molecular complexity index is 783. The van der Waals surface area contributed by atoms with Crippen LogP contribution in [0.2, 0.25) is 0 Å². The fourth-order valence-electron chi connectivity index (χ4n) is 2.69. The Morgan fingerprint density at radius 2 is 2.00 bits per heavy atom. The van der Waals surface area contributed by atoms with Gasteiger partial charge in [-0.15, -0.1) is 15.3 Å². The van der Waals surface area contributed by atoms with E-state index in [0.29, 0.717) is 5.92 Å². The average Bonchev–Trinajstić information content (AvgIpc) is 2.92. The Morgan fingerprint density at radius 1 is 1.23 bits per heavy atom. The molecule has 2 N–H and O–H groups in total. The third-order valence-corrected chi connectivity index (χ3v) is 4.09. The molecule has 2 heterocycles. The second kappa shape index (κ2) is 6.27. The van der Waals surface area contributed by atoms with Crippen LogP contribution in [0.15, 0.2) is 24.3 Å². The lowest BCUT2D eigenvalue weighted by Gasteiger charge is -2.16. The van der Waals surface area contributed by atoms with E-state index in [2.05, 4.69) is 27.5 Å². The van der Waals surface area contributed by atoms with Crippen LogP contribution in [-0.4, -0.2) is 38.1 Å². The van der Waals surface area contributed by atoms with Crippen molar-refractivity contribution in [1.82, 2.24) is 19.8 Å². The van der Waals surface area contributed by atoms with E-state index < -0.39 is 0 Å². The predicted molar refractivity (Wildman–Crippen MR) is 87.0 cm³/mol. The molecule has 3 rings (SSSR count). The fourth-order valence-corrected chi connectivity index (χ4v) is 2.69. The van der Waals surface area contributed by atoms with Crippen molar-refractivity contribution in [3.63, 3.8) is 0 Å². The summed E-state index contributed by atoms with van der Waals surface area (Å²) in [5.41, 5.74) is 0.779. The van der Waals surface area contributed by atoms with Crippen LogP contribution in [0.25, 0.3) is 16.4 Å². The van der Waals surface area contributed by atoms with Crippen LogP contribution in [0.3, 0.4) is 0 Å². The van der Waals surface area contributed by atoms with E-state index in [9.17, 15) is 0 Å². The second-order valence-corrected chi connectivity index (χ2v) is 5.54. The topological polar surface area (TPSA) is 75.3 Å². The summed E-state index contributed by atoms with van der Waals surface area (Å²) in [5.74, 6) is 2.04. The molecule has 0 saturated heterocycles. The highest BCUT2D eigenvalue weighted by Crippen LogP contribution is 2.25. The number of anilines is 1. The maximum absolute atomic E-state index is 9.12. The van der Waals surface area contributed by atoms with Gasteiger partial charge in [0.25, 0.3) is 0 Å². The first-order valence-corrected chi connectivity index (χ1v) is 7.70. The molecule has 3 aromatic rings. The van der Waals surface area contributed by atoms with Crippen molar-refractivity contribution in [1.29, 1.82) is 0 Å². The molecule has 0 aliphatic carbocycles. The van der Waals surface area contributed by atoms with Gasteiger partial charge in [0.05, 0.1) is 0 Å². The first-order valence-electron chi connectivity index (χ1n) is 7.70. The summed E-state index contributed by atoms with van der Waals surface area (Å²) < 4.78 is 1.78. The van der Waals surface area contributed by atoms with Gasteiger partial charge in [0.15, 0.2) is 17.3 Å². The van der Waals surface area contributed by atoms with Crippen molar-refractivity contribution in [3.8, 4) is 0 Å². The molecule has 0 fully saturated rings. The Labute approximate surface area is 129 Å². The molecule has 0 bridgehead atoms. The first kappa shape index (κ1) is 14.7. The van der Waals surface area contributed by atoms with Gasteiger partial charge in [-0.25, -0.2) is 0 Å². The lowest BCUT2D eigenvalue weighted by Crippen LogP contribution is -2.16. The third-order valence-electron chi connectivity index (χ3n) is 4.09. The molecule has 1 aromatic carbocycles. The monoisotopic (exact) mass is 299 g/mol. The minimum Gasteiger partial charge on any atom is -0.396 e. The number of nitrogens with zero attached hydrogens (tertiary/aromatic N) is 4. The SMILES string of the molecule is CC[C@H](CCO)CNc1nn2c(C)nnc2c2ccccc12. The highest BCUT2D eigenvalue weighted by Gasteiger charge is 2.13. The molecule has 116 valence electrons. The zero-order chi connectivity index (χ0) is 15.5. The van der Waals surface area contributed by atoms with Crippen LogP contribution in [0.4, 0.5) is 5.82 Å². The summed E-state index contributed by atoms with van der Waals surface area (Å²) in [5, 5.41) is 27.6. The molecule has 0 amide bonds. The predicted octanol–water partition coefficient (Wildman–Crippen LogP) is 2.41. The summed E-state index contributed by atoms with van der Waals surface area (Å²) in [6, 6.07) is 8.08. The molecule has 22 heavy (non-hydrogen) atoms.